The zero-order chi connectivity index (χ0) is 19.4. The molecule has 0 radical (unpaired) electrons. The summed E-state index contributed by atoms with van der Waals surface area (Å²) in [4.78, 5) is 22.5. The molecule has 1 aliphatic heterocycles. The highest BCUT2D eigenvalue weighted by Gasteiger charge is 2.20. The number of nitro benzene ring substituents is 2. The molecule has 11 nitrogen and oxygen atoms in total. The number of morpholine rings is 1. The lowest BCUT2D eigenvalue weighted by molar-refractivity contribution is -0.393. The molecule has 0 unspecified atom stereocenters. The summed E-state index contributed by atoms with van der Waals surface area (Å²) in [5, 5.41) is 25.8. The number of furan rings is 1. The highest BCUT2D eigenvalue weighted by Crippen LogP contribution is 2.31. The fourth-order valence-corrected chi connectivity index (χ4v) is 3.02. The standard InChI is InChI=1S/C15H14BrN5O6/c16-12-8-11(27-15(12)19-3-5-26-6-4-19)9-17-18-13-2-1-10(20(22)23)7-14(13)21(24)25/h1-2,7-9,18H,3-6H2/b17-9-. The van der Waals surface area contributed by atoms with Crippen molar-refractivity contribution in [1.82, 2.24) is 0 Å². The molecule has 2 aromatic rings. The van der Waals surface area contributed by atoms with Gasteiger partial charge >= 0.3 is 5.69 Å². The lowest BCUT2D eigenvalue weighted by atomic mass is 10.2. The van der Waals surface area contributed by atoms with E-state index in [1.807, 2.05) is 4.90 Å². The molecule has 1 aromatic heterocycles. The van der Waals surface area contributed by atoms with Crippen molar-refractivity contribution in [2.45, 2.75) is 0 Å². The number of ether oxygens (including phenoxy) is 1. The SMILES string of the molecule is O=[N+]([O-])c1ccc(N/N=C\c2cc(Br)c(N3CCOCC3)o2)c([N+](=O)[O-])c1. The van der Waals surface area contributed by atoms with E-state index in [-0.39, 0.29) is 11.4 Å². The summed E-state index contributed by atoms with van der Waals surface area (Å²) in [7, 11) is 0. The third-order valence-corrected chi connectivity index (χ3v) is 4.32. The minimum Gasteiger partial charge on any atom is -0.438 e. The molecule has 2 heterocycles. The largest absolute Gasteiger partial charge is 0.438 e. The van der Waals surface area contributed by atoms with E-state index in [1.54, 1.807) is 6.07 Å². The first-order valence-corrected chi connectivity index (χ1v) is 8.59. The zero-order valence-corrected chi connectivity index (χ0v) is 15.4. The average molecular weight is 440 g/mol. The number of non-ortho nitro benzene ring substituents is 1. The molecule has 1 N–H and O–H groups in total. The monoisotopic (exact) mass is 439 g/mol. The van der Waals surface area contributed by atoms with Gasteiger partial charge in [-0.2, -0.15) is 5.10 Å². The molecule has 1 saturated heterocycles. The van der Waals surface area contributed by atoms with E-state index in [4.69, 9.17) is 9.15 Å². The van der Waals surface area contributed by atoms with Gasteiger partial charge in [0.15, 0.2) is 5.76 Å². The number of anilines is 2. The molecule has 0 amide bonds. The molecule has 0 aliphatic carbocycles. The van der Waals surface area contributed by atoms with Crippen molar-refractivity contribution in [1.29, 1.82) is 0 Å². The Morgan fingerprint density at radius 2 is 1.93 bits per heavy atom. The van der Waals surface area contributed by atoms with E-state index in [2.05, 4.69) is 26.5 Å². The fraction of sp³-hybridized carbons (Fsp3) is 0.267. The molecule has 1 aromatic carbocycles. The van der Waals surface area contributed by atoms with Crippen molar-refractivity contribution >= 4 is 45.1 Å². The van der Waals surface area contributed by atoms with Crippen LogP contribution in [0.3, 0.4) is 0 Å². The van der Waals surface area contributed by atoms with Gasteiger partial charge in [-0.25, -0.2) is 0 Å². The van der Waals surface area contributed by atoms with Crippen LogP contribution in [-0.2, 0) is 4.74 Å². The van der Waals surface area contributed by atoms with Crippen LogP contribution in [0.5, 0.6) is 0 Å². The van der Waals surface area contributed by atoms with Crippen LogP contribution >= 0.6 is 15.9 Å². The average Bonchev–Trinajstić information content (AvgIpc) is 3.03. The van der Waals surface area contributed by atoms with Crippen molar-refractivity contribution in [2.75, 3.05) is 36.6 Å². The van der Waals surface area contributed by atoms with Crippen LogP contribution in [0.1, 0.15) is 5.76 Å². The summed E-state index contributed by atoms with van der Waals surface area (Å²) >= 11 is 3.43. The Labute approximate surface area is 161 Å². The van der Waals surface area contributed by atoms with Gasteiger partial charge in [-0.05, 0) is 22.0 Å². The number of hydrazone groups is 1. The number of rotatable bonds is 6. The summed E-state index contributed by atoms with van der Waals surface area (Å²) in [5.41, 5.74) is 1.72. The van der Waals surface area contributed by atoms with Gasteiger partial charge in [-0.15, -0.1) is 0 Å². The fourth-order valence-electron chi connectivity index (χ4n) is 2.47. The quantitative estimate of drug-likeness (QED) is 0.411. The second-order valence-electron chi connectivity index (χ2n) is 5.49. The number of halogens is 1. The molecule has 3 rings (SSSR count). The zero-order valence-electron chi connectivity index (χ0n) is 13.8. The highest BCUT2D eigenvalue weighted by atomic mass is 79.9. The van der Waals surface area contributed by atoms with E-state index in [1.165, 1.54) is 12.3 Å². The van der Waals surface area contributed by atoms with Crippen LogP contribution in [0.25, 0.3) is 0 Å². The minimum absolute atomic E-state index is 0.0286. The third kappa shape index (κ3) is 4.41. The Kier molecular flexibility index (Phi) is 5.66. The van der Waals surface area contributed by atoms with Crippen molar-refractivity contribution in [2.24, 2.45) is 5.10 Å². The number of nitro groups is 2. The second kappa shape index (κ2) is 8.14. The normalized spacial score (nSPS) is 14.5. The van der Waals surface area contributed by atoms with Crippen molar-refractivity contribution < 1.29 is 19.0 Å². The van der Waals surface area contributed by atoms with E-state index in [0.717, 1.165) is 16.6 Å². The summed E-state index contributed by atoms with van der Waals surface area (Å²) in [6, 6.07) is 4.98. The summed E-state index contributed by atoms with van der Waals surface area (Å²) in [6.07, 6.45) is 1.36. The van der Waals surface area contributed by atoms with Crippen LogP contribution < -0.4 is 10.3 Å². The van der Waals surface area contributed by atoms with E-state index in [0.29, 0.717) is 37.9 Å². The Morgan fingerprint density at radius 3 is 2.59 bits per heavy atom. The van der Waals surface area contributed by atoms with E-state index >= 15 is 0 Å². The Hall–Kier alpha value is -2.99. The van der Waals surface area contributed by atoms with Gasteiger partial charge in [0.25, 0.3) is 5.69 Å². The molecule has 1 aliphatic rings. The van der Waals surface area contributed by atoms with E-state index < -0.39 is 15.5 Å². The second-order valence-corrected chi connectivity index (χ2v) is 6.34. The first-order chi connectivity index (χ1) is 13.0. The lowest BCUT2D eigenvalue weighted by Gasteiger charge is -2.26. The predicted octanol–water partition coefficient (Wildman–Crippen LogP) is 3.14. The van der Waals surface area contributed by atoms with Gasteiger partial charge in [0.1, 0.15) is 5.69 Å². The van der Waals surface area contributed by atoms with Crippen LogP contribution in [0.15, 0.2) is 38.3 Å². The maximum Gasteiger partial charge on any atom is 0.301 e. The Balaban J connectivity index is 1.74. The van der Waals surface area contributed by atoms with Gasteiger partial charge in [-0.3, -0.25) is 25.7 Å². The Bertz CT molecular complexity index is 893. The van der Waals surface area contributed by atoms with Crippen molar-refractivity contribution in [3.8, 4) is 0 Å². The first kappa shape index (κ1) is 18.8. The number of nitrogens with one attached hydrogen (secondary N) is 1. The molecule has 0 atom stereocenters. The smallest absolute Gasteiger partial charge is 0.301 e. The topological polar surface area (TPSA) is 136 Å². The molecule has 1 fully saturated rings. The highest BCUT2D eigenvalue weighted by molar-refractivity contribution is 9.10. The first-order valence-electron chi connectivity index (χ1n) is 7.79. The Morgan fingerprint density at radius 1 is 1.19 bits per heavy atom. The van der Waals surface area contributed by atoms with Gasteiger partial charge in [0.05, 0.1) is 39.8 Å². The minimum atomic E-state index is -0.717. The number of benzene rings is 1. The van der Waals surface area contributed by atoms with Crippen LogP contribution in [0.4, 0.5) is 22.9 Å². The third-order valence-electron chi connectivity index (χ3n) is 3.75. The summed E-state index contributed by atoms with van der Waals surface area (Å²) < 4.78 is 11.8. The van der Waals surface area contributed by atoms with Crippen LogP contribution in [-0.4, -0.2) is 42.4 Å². The molecule has 12 heteroatoms. The maximum absolute atomic E-state index is 11.1. The van der Waals surface area contributed by atoms with Gasteiger partial charge in [0.2, 0.25) is 5.88 Å². The number of nitrogens with zero attached hydrogens (tertiary/aromatic N) is 4. The van der Waals surface area contributed by atoms with Crippen LogP contribution in [0, 0.1) is 20.2 Å². The summed E-state index contributed by atoms with van der Waals surface area (Å²) in [5.74, 6) is 1.08. The molecule has 0 bridgehead atoms. The van der Waals surface area contributed by atoms with Gasteiger partial charge in [0, 0.05) is 25.2 Å². The molecule has 0 saturated carbocycles. The number of hydrogen-bond donors (Lipinski definition) is 1. The van der Waals surface area contributed by atoms with Crippen LogP contribution in [0.2, 0.25) is 0 Å². The molecule has 27 heavy (non-hydrogen) atoms. The summed E-state index contributed by atoms with van der Waals surface area (Å²) in [6.45, 7) is 2.63. The predicted molar refractivity (Wildman–Crippen MR) is 100 cm³/mol. The molecule has 0 spiro atoms. The van der Waals surface area contributed by atoms with E-state index in [9.17, 15) is 20.2 Å². The molecular formula is C15H14BrN5O6. The van der Waals surface area contributed by atoms with Gasteiger partial charge < -0.3 is 14.1 Å². The molecular weight excluding hydrogens is 426 g/mol. The van der Waals surface area contributed by atoms with Gasteiger partial charge in [-0.1, -0.05) is 0 Å². The number of hydrogen-bond acceptors (Lipinski definition) is 9. The molecule has 142 valence electrons. The van der Waals surface area contributed by atoms with Crippen molar-refractivity contribution in [3.05, 3.63) is 54.7 Å². The maximum atomic E-state index is 11.1. The van der Waals surface area contributed by atoms with Crippen molar-refractivity contribution in [3.63, 3.8) is 0 Å². The lowest BCUT2D eigenvalue weighted by Crippen LogP contribution is -2.36.